The molecule has 0 aliphatic rings. The fourth-order valence-corrected chi connectivity index (χ4v) is 2.53. The molecule has 1 rings (SSSR count). The third-order valence-corrected chi connectivity index (χ3v) is 4.11. The Morgan fingerprint density at radius 2 is 2.25 bits per heavy atom. The van der Waals surface area contributed by atoms with Gasteiger partial charge < -0.3 is 5.32 Å². The van der Waals surface area contributed by atoms with Crippen LogP contribution >= 0.6 is 11.8 Å². The number of aromatic nitrogens is 3. The van der Waals surface area contributed by atoms with E-state index in [1.165, 1.54) is 6.42 Å². The van der Waals surface area contributed by atoms with Crippen LogP contribution in [-0.2, 0) is 7.05 Å². The zero-order valence-corrected chi connectivity index (χ0v) is 11.4. The Balaban J connectivity index is 2.58. The number of hydrogen-bond acceptors (Lipinski definition) is 4. The summed E-state index contributed by atoms with van der Waals surface area (Å²) in [5.74, 6) is 1.07. The van der Waals surface area contributed by atoms with E-state index in [4.69, 9.17) is 0 Å². The van der Waals surface area contributed by atoms with Crippen LogP contribution < -0.4 is 5.32 Å². The predicted octanol–water partition coefficient (Wildman–Crippen LogP) is 2.00. The predicted molar refractivity (Wildman–Crippen MR) is 69.6 cm³/mol. The second-order valence-electron chi connectivity index (χ2n) is 3.94. The van der Waals surface area contributed by atoms with E-state index in [0.29, 0.717) is 11.3 Å². The molecule has 0 amide bonds. The minimum Gasteiger partial charge on any atom is -0.308 e. The van der Waals surface area contributed by atoms with Gasteiger partial charge in [0.25, 0.3) is 0 Å². The Kier molecular flexibility index (Phi) is 5.84. The van der Waals surface area contributed by atoms with Gasteiger partial charge in [0.2, 0.25) is 0 Å². The van der Waals surface area contributed by atoms with Gasteiger partial charge in [-0.1, -0.05) is 26.0 Å². The Bertz CT molecular complexity index is 300. The molecular weight excluding hydrogens is 220 g/mol. The molecule has 2 atom stereocenters. The minimum atomic E-state index is 0.351. The zero-order chi connectivity index (χ0) is 12.0. The zero-order valence-electron chi connectivity index (χ0n) is 10.6. The molecule has 0 saturated carbocycles. The summed E-state index contributed by atoms with van der Waals surface area (Å²) in [5.41, 5.74) is 1.16. The molecule has 0 aliphatic carbocycles. The lowest BCUT2D eigenvalue weighted by atomic mass is 10.2. The fraction of sp³-hybridized carbons (Fsp3) is 0.818. The lowest BCUT2D eigenvalue weighted by Crippen LogP contribution is -2.25. The van der Waals surface area contributed by atoms with Crippen LogP contribution in [0, 0.1) is 0 Å². The van der Waals surface area contributed by atoms with Crippen molar-refractivity contribution >= 4 is 11.8 Å². The number of rotatable bonds is 7. The summed E-state index contributed by atoms with van der Waals surface area (Å²) in [6, 6.07) is 0.351. The molecule has 16 heavy (non-hydrogen) atoms. The third kappa shape index (κ3) is 3.79. The van der Waals surface area contributed by atoms with Crippen molar-refractivity contribution in [2.24, 2.45) is 7.05 Å². The number of nitrogens with one attached hydrogen (secondary N) is 1. The molecule has 1 N–H and O–H groups in total. The van der Waals surface area contributed by atoms with Crippen molar-refractivity contribution in [2.45, 2.75) is 38.5 Å². The first kappa shape index (κ1) is 13.5. The molecule has 1 heterocycles. The van der Waals surface area contributed by atoms with E-state index in [-0.39, 0.29) is 0 Å². The molecule has 5 heteroatoms. The van der Waals surface area contributed by atoms with E-state index < -0.39 is 0 Å². The highest BCUT2D eigenvalue weighted by Crippen LogP contribution is 2.21. The number of aryl methyl sites for hydroxylation is 1. The topological polar surface area (TPSA) is 42.7 Å². The Morgan fingerprint density at radius 1 is 1.50 bits per heavy atom. The molecule has 1 aromatic heterocycles. The fourth-order valence-electron chi connectivity index (χ4n) is 1.49. The number of thioether (sulfide) groups is 1. The number of nitrogens with zero attached hydrogens (tertiary/aromatic N) is 3. The summed E-state index contributed by atoms with van der Waals surface area (Å²) in [7, 11) is 1.95. The van der Waals surface area contributed by atoms with Crippen molar-refractivity contribution in [3.8, 4) is 0 Å². The Hall–Kier alpha value is -0.550. The van der Waals surface area contributed by atoms with Crippen LogP contribution in [0.3, 0.4) is 0 Å². The van der Waals surface area contributed by atoms with Gasteiger partial charge in [0.1, 0.15) is 0 Å². The van der Waals surface area contributed by atoms with Crippen LogP contribution in [0.4, 0.5) is 0 Å². The molecule has 2 unspecified atom stereocenters. The van der Waals surface area contributed by atoms with Gasteiger partial charge in [-0.05, 0) is 13.0 Å². The molecular formula is C11H22N4S. The van der Waals surface area contributed by atoms with Gasteiger partial charge in [0.15, 0.2) is 0 Å². The summed E-state index contributed by atoms with van der Waals surface area (Å²) in [4.78, 5) is 0. The summed E-state index contributed by atoms with van der Waals surface area (Å²) in [5, 5.41) is 12.1. The van der Waals surface area contributed by atoms with Crippen LogP contribution in [0.15, 0.2) is 6.20 Å². The standard InChI is InChI=1S/C11H22N4S/c1-5-9(3)16-8-10(12-6-2)11-7-13-14-15(11)4/h7,9-10,12H,5-6,8H2,1-4H3. The smallest absolute Gasteiger partial charge is 0.0761 e. The van der Waals surface area contributed by atoms with Crippen LogP contribution in [0.25, 0.3) is 0 Å². The van der Waals surface area contributed by atoms with Gasteiger partial charge in [-0.25, -0.2) is 0 Å². The maximum absolute atomic E-state index is 3.98. The van der Waals surface area contributed by atoms with E-state index >= 15 is 0 Å². The lowest BCUT2D eigenvalue weighted by molar-refractivity contribution is 0.549. The maximum atomic E-state index is 3.98. The van der Waals surface area contributed by atoms with Crippen LogP contribution in [-0.4, -0.2) is 32.5 Å². The molecule has 0 aromatic carbocycles. The van der Waals surface area contributed by atoms with Gasteiger partial charge in [-0.15, -0.1) is 5.10 Å². The molecule has 0 saturated heterocycles. The van der Waals surface area contributed by atoms with Crippen molar-refractivity contribution in [1.29, 1.82) is 0 Å². The van der Waals surface area contributed by atoms with E-state index in [2.05, 4.69) is 36.4 Å². The number of hydrogen-bond donors (Lipinski definition) is 1. The van der Waals surface area contributed by atoms with Crippen molar-refractivity contribution in [3.63, 3.8) is 0 Å². The summed E-state index contributed by atoms with van der Waals surface area (Å²) < 4.78 is 1.85. The van der Waals surface area contributed by atoms with Crippen molar-refractivity contribution < 1.29 is 0 Å². The Morgan fingerprint density at radius 3 is 2.75 bits per heavy atom. The SMILES string of the molecule is CCNC(CSC(C)CC)c1cnnn1C. The minimum absolute atomic E-state index is 0.351. The second kappa shape index (κ2) is 6.91. The van der Waals surface area contributed by atoms with Gasteiger partial charge in [-0.3, -0.25) is 4.68 Å². The molecule has 4 nitrogen and oxygen atoms in total. The molecule has 0 bridgehead atoms. The van der Waals surface area contributed by atoms with Gasteiger partial charge in [0.05, 0.1) is 17.9 Å². The van der Waals surface area contributed by atoms with Crippen LogP contribution in [0.2, 0.25) is 0 Å². The maximum Gasteiger partial charge on any atom is 0.0761 e. The molecule has 92 valence electrons. The van der Waals surface area contributed by atoms with E-state index in [9.17, 15) is 0 Å². The first-order valence-corrected chi connectivity index (χ1v) is 6.93. The summed E-state index contributed by atoms with van der Waals surface area (Å²) in [6.45, 7) is 7.60. The van der Waals surface area contributed by atoms with Crippen molar-refractivity contribution in [1.82, 2.24) is 20.3 Å². The first-order valence-electron chi connectivity index (χ1n) is 5.88. The normalized spacial score (nSPS) is 15.0. The molecule has 1 aromatic rings. The highest BCUT2D eigenvalue weighted by atomic mass is 32.2. The lowest BCUT2D eigenvalue weighted by Gasteiger charge is -2.19. The van der Waals surface area contributed by atoms with Crippen LogP contribution in [0.1, 0.15) is 38.9 Å². The first-order chi connectivity index (χ1) is 7.69. The van der Waals surface area contributed by atoms with Crippen LogP contribution in [0.5, 0.6) is 0 Å². The molecule has 0 aliphatic heterocycles. The van der Waals surface area contributed by atoms with Crippen molar-refractivity contribution in [3.05, 3.63) is 11.9 Å². The Labute approximate surface area is 102 Å². The van der Waals surface area contributed by atoms with Crippen molar-refractivity contribution in [2.75, 3.05) is 12.3 Å². The summed E-state index contributed by atoms with van der Waals surface area (Å²) in [6.07, 6.45) is 3.07. The van der Waals surface area contributed by atoms with Gasteiger partial charge in [0, 0.05) is 18.1 Å². The highest BCUT2D eigenvalue weighted by Gasteiger charge is 2.15. The molecule has 0 spiro atoms. The van der Waals surface area contributed by atoms with Gasteiger partial charge >= 0.3 is 0 Å². The van der Waals surface area contributed by atoms with Gasteiger partial charge in [-0.2, -0.15) is 11.8 Å². The molecule has 0 radical (unpaired) electrons. The second-order valence-corrected chi connectivity index (χ2v) is 5.42. The average Bonchev–Trinajstić information content (AvgIpc) is 2.70. The highest BCUT2D eigenvalue weighted by molar-refractivity contribution is 7.99. The molecule has 0 fully saturated rings. The quantitative estimate of drug-likeness (QED) is 0.794. The monoisotopic (exact) mass is 242 g/mol. The summed E-state index contributed by atoms with van der Waals surface area (Å²) >= 11 is 2.00. The van der Waals surface area contributed by atoms with E-state index in [0.717, 1.165) is 18.0 Å². The van der Waals surface area contributed by atoms with E-state index in [1.807, 2.05) is 29.7 Å². The third-order valence-electron chi connectivity index (χ3n) is 2.68. The van der Waals surface area contributed by atoms with E-state index in [1.54, 1.807) is 0 Å². The average molecular weight is 242 g/mol. The largest absolute Gasteiger partial charge is 0.308 e.